The molecule has 0 aliphatic carbocycles. The van der Waals surface area contributed by atoms with Gasteiger partial charge in [-0.15, -0.1) is 0 Å². The molecule has 0 fully saturated rings. The van der Waals surface area contributed by atoms with Gasteiger partial charge in [-0.05, 0) is 62.4 Å². The van der Waals surface area contributed by atoms with E-state index in [9.17, 15) is 9.59 Å². The number of hydrogen-bond acceptors (Lipinski definition) is 2. The van der Waals surface area contributed by atoms with E-state index < -0.39 is 11.8 Å². The second-order valence-electron chi connectivity index (χ2n) is 5.89. The molecule has 132 valence electrons. The van der Waals surface area contributed by atoms with Gasteiger partial charge < -0.3 is 4.57 Å². The third-order valence-electron chi connectivity index (χ3n) is 4.07. The van der Waals surface area contributed by atoms with Crippen LogP contribution in [0.15, 0.2) is 60.7 Å². The summed E-state index contributed by atoms with van der Waals surface area (Å²) in [6.07, 6.45) is 0. The molecule has 0 unspecified atom stereocenters. The zero-order chi connectivity index (χ0) is 18.7. The lowest BCUT2D eigenvalue weighted by atomic mass is 10.2. The number of rotatable bonds is 3. The Labute approximate surface area is 156 Å². The SMILES string of the molecule is Cc1ccc(C)n1-c1ccc(C(=O)NNC(=O)c2ccccc2Cl)cc1. The Morgan fingerprint density at radius 3 is 2.00 bits per heavy atom. The van der Waals surface area contributed by atoms with Crippen molar-refractivity contribution in [2.45, 2.75) is 13.8 Å². The molecule has 0 spiro atoms. The van der Waals surface area contributed by atoms with E-state index in [1.165, 1.54) is 0 Å². The van der Waals surface area contributed by atoms with E-state index in [2.05, 4.69) is 15.4 Å². The molecular formula is C20H18ClN3O2. The van der Waals surface area contributed by atoms with Crippen molar-refractivity contribution in [3.63, 3.8) is 0 Å². The van der Waals surface area contributed by atoms with E-state index in [-0.39, 0.29) is 0 Å². The predicted octanol–water partition coefficient (Wildman–Crippen LogP) is 3.82. The molecule has 0 atom stereocenters. The molecule has 0 saturated carbocycles. The molecule has 26 heavy (non-hydrogen) atoms. The summed E-state index contributed by atoms with van der Waals surface area (Å²) < 4.78 is 2.10. The maximum Gasteiger partial charge on any atom is 0.271 e. The van der Waals surface area contributed by atoms with Crippen molar-refractivity contribution >= 4 is 23.4 Å². The summed E-state index contributed by atoms with van der Waals surface area (Å²) >= 11 is 5.97. The fraction of sp³-hybridized carbons (Fsp3) is 0.100. The number of halogens is 1. The predicted molar refractivity (Wildman–Crippen MR) is 102 cm³/mol. The number of hydrazine groups is 1. The summed E-state index contributed by atoms with van der Waals surface area (Å²) in [6, 6.07) is 17.9. The fourth-order valence-corrected chi connectivity index (χ4v) is 2.96. The number of aromatic nitrogens is 1. The lowest BCUT2D eigenvalue weighted by Gasteiger charge is -2.11. The average Bonchev–Trinajstić information content (AvgIpc) is 2.98. The Hall–Kier alpha value is -3.05. The molecule has 1 aromatic heterocycles. The smallest absolute Gasteiger partial charge is 0.271 e. The third-order valence-corrected chi connectivity index (χ3v) is 4.40. The van der Waals surface area contributed by atoms with Crippen molar-refractivity contribution < 1.29 is 9.59 Å². The van der Waals surface area contributed by atoms with E-state index in [0.29, 0.717) is 16.1 Å². The van der Waals surface area contributed by atoms with Crippen LogP contribution in [-0.4, -0.2) is 16.4 Å². The molecule has 2 N–H and O–H groups in total. The summed E-state index contributed by atoms with van der Waals surface area (Å²) in [5, 5.41) is 0.320. The van der Waals surface area contributed by atoms with Crippen LogP contribution in [0.4, 0.5) is 0 Å². The van der Waals surface area contributed by atoms with Crippen LogP contribution in [-0.2, 0) is 0 Å². The van der Waals surface area contributed by atoms with Gasteiger partial charge in [0.1, 0.15) is 0 Å². The second kappa shape index (κ2) is 7.45. The standard InChI is InChI=1S/C20H18ClN3O2/c1-13-7-8-14(2)24(13)16-11-9-15(10-12-16)19(25)22-23-20(26)17-5-3-4-6-18(17)21/h3-12H,1-2H3,(H,22,25)(H,23,26). The topological polar surface area (TPSA) is 63.1 Å². The average molecular weight is 368 g/mol. The first-order valence-corrected chi connectivity index (χ1v) is 8.46. The van der Waals surface area contributed by atoms with Crippen LogP contribution in [0, 0.1) is 13.8 Å². The fourth-order valence-electron chi connectivity index (χ4n) is 2.74. The molecule has 3 rings (SSSR count). The van der Waals surface area contributed by atoms with Crippen LogP contribution in [0.1, 0.15) is 32.1 Å². The van der Waals surface area contributed by atoms with Crippen molar-refractivity contribution in [2.24, 2.45) is 0 Å². The molecule has 6 heteroatoms. The number of benzene rings is 2. The van der Waals surface area contributed by atoms with Crippen molar-refractivity contribution in [1.29, 1.82) is 0 Å². The highest BCUT2D eigenvalue weighted by atomic mass is 35.5. The Balaban J connectivity index is 1.67. The molecule has 1 heterocycles. The molecule has 2 aromatic carbocycles. The first-order valence-electron chi connectivity index (χ1n) is 8.08. The number of hydrogen-bond donors (Lipinski definition) is 2. The summed E-state index contributed by atoms with van der Waals surface area (Å²) in [4.78, 5) is 24.3. The summed E-state index contributed by atoms with van der Waals surface area (Å²) in [7, 11) is 0. The van der Waals surface area contributed by atoms with Crippen molar-refractivity contribution in [3.8, 4) is 5.69 Å². The highest BCUT2D eigenvalue weighted by molar-refractivity contribution is 6.33. The zero-order valence-electron chi connectivity index (χ0n) is 14.4. The molecule has 5 nitrogen and oxygen atoms in total. The number of amides is 2. The number of nitrogens with zero attached hydrogens (tertiary/aromatic N) is 1. The van der Waals surface area contributed by atoms with E-state index >= 15 is 0 Å². The van der Waals surface area contributed by atoms with Gasteiger partial charge in [0, 0.05) is 22.6 Å². The Bertz CT molecular complexity index is 942. The van der Waals surface area contributed by atoms with Crippen LogP contribution in [0.3, 0.4) is 0 Å². The third kappa shape index (κ3) is 3.63. The van der Waals surface area contributed by atoms with Crippen molar-refractivity contribution in [1.82, 2.24) is 15.4 Å². The molecular weight excluding hydrogens is 350 g/mol. The lowest BCUT2D eigenvalue weighted by Crippen LogP contribution is -2.41. The minimum Gasteiger partial charge on any atom is -0.319 e. The summed E-state index contributed by atoms with van der Waals surface area (Å²) in [5.74, 6) is -0.878. The summed E-state index contributed by atoms with van der Waals surface area (Å²) in [5.41, 5.74) is 8.71. The lowest BCUT2D eigenvalue weighted by molar-refractivity contribution is 0.0847. The van der Waals surface area contributed by atoms with E-state index in [1.54, 1.807) is 36.4 Å². The molecule has 0 radical (unpaired) electrons. The van der Waals surface area contributed by atoms with Crippen LogP contribution in [0.25, 0.3) is 5.69 Å². The molecule has 0 aliphatic rings. The van der Waals surface area contributed by atoms with E-state index in [4.69, 9.17) is 11.6 Å². The second-order valence-corrected chi connectivity index (χ2v) is 6.29. The van der Waals surface area contributed by atoms with Crippen LogP contribution in [0.2, 0.25) is 5.02 Å². The monoisotopic (exact) mass is 367 g/mol. The Kier molecular flexibility index (Phi) is 5.09. The molecule has 0 saturated heterocycles. The van der Waals surface area contributed by atoms with Gasteiger partial charge in [0.05, 0.1) is 10.6 Å². The van der Waals surface area contributed by atoms with Gasteiger partial charge in [-0.3, -0.25) is 20.4 Å². The van der Waals surface area contributed by atoms with Crippen LogP contribution in [0.5, 0.6) is 0 Å². The Morgan fingerprint density at radius 2 is 1.38 bits per heavy atom. The molecule has 2 amide bonds. The van der Waals surface area contributed by atoms with Gasteiger partial charge in [-0.1, -0.05) is 23.7 Å². The number of aryl methyl sites for hydroxylation is 2. The minimum atomic E-state index is -0.473. The van der Waals surface area contributed by atoms with Crippen molar-refractivity contribution in [2.75, 3.05) is 0 Å². The maximum absolute atomic E-state index is 12.2. The van der Waals surface area contributed by atoms with Crippen LogP contribution >= 0.6 is 11.6 Å². The highest BCUT2D eigenvalue weighted by Crippen LogP contribution is 2.17. The largest absolute Gasteiger partial charge is 0.319 e. The number of carbonyl (C=O) groups excluding carboxylic acids is 2. The molecule has 0 aliphatic heterocycles. The molecule has 0 bridgehead atoms. The first-order chi connectivity index (χ1) is 12.5. The maximum atomic E-state index is 12.2. The minimum absolute atomic E-state index is 0.295. The first kappa shape index (κ1) is 17.8. The number of carbonyl (C=O) groups is 2. The van der Waals surface area contributed by atoms with Gasteiger partial charge in [-0.2, -0.15) is 0 Å². The highest BCUT2D eigenvalue weighted by Gasteiger charge is 2.12. The van der Waals surface area contributed by atoms with E-state index in [1.807, 2.05) is 38.1 Å². The quantitative estimate of drug-likeness (QED) is 0.691. The summed E-state index contributed by atoms with van der Waals surface area (Å²) in [6.45, 7) is 4.05. The van der Waals surface area contributed by atoms with Gasteiger partial charge in [0.2, 0.25) is 0 Å². The van der Waals surface area contributed by atoms with Gasteiger partial charge in [0.25, 0.3) is 11.8 Å². The normalized spacial score (nSPS) is 10.4. The van der Waals surface area contributed by atoms with Crippen molar-refractivity contribution in [3.05, 3.63) is 88.2 Å². The number of nitrogens with one attached hydrogen (secondary N) is 2. The molecule has 3 aromatic rings. The van der Waals surface area contributed by atoms with Gasteiger partial charge in [-0.25, -0.2) is 0 Å². The Morgan fingerprint density at radius 1 is 0.808 bits per heavy atom. The van der Waals surface area contributed by atoms with Crippen LogP contribution < -0.4 is 10.9 Å². The van der Waals surface area contributed by atoms with Gasteiger partial charge in [0.15, 0.2) is 0 Å². The van der Waals surface area contributed by atoms with Gasteiger partial charge >= 0.3 is 0 Å². The van der Waals surface area contributed by atoms with E-state index in [0.717, 1.165) is 17.1 Å². The zero-order valence-corrected chi connectivity index (χ0v) is 15.2.